The third-order valence-electron chi connectivity index (χ3n) is 2.44. The molecule has 88 valence electrons. The fourth-order valence-electron chi connectivity index (χ4n) is 1.67. The van der Waals surface area contributed by atoms with E-state index >= 15 is 0 Å². The molecule has 0 aliphatic heterocycles. The minimum absolute atomic E-state index is 0.0832. The van der Waals surface area contributed by atoms with Crippen molar-refractivity contribution in [1.29, 1.82) is 0 Å². The maximum Gasteiger partial charge on any atom is 0.126 e. The van der Waals surface area contributed by atoms with Crippen LogP contribution in [0.3, 0.4) is 0 Å². The van der Waals surface area contributed by atoms with Gasteiger partial charge in [0, 0.05) is 18.2 Å². The van der Waals surface area contributed by atoms with Crippen LogP contribution in [-0.2, 0) is 0 Å². The van der Waals surface area contributed by atoms with Crippen LogP contribution < -0.4 is 5.32 Å². The van der Waals surface area contributed by atoms with Crippen LogP contribution in [0.15, 0.2) is 30.9 Å². The molecular formula is C13H17F2N. The van der Waals surface area contributed by atoms with E-state index < -0.39 is 11.6 Å². The van der Waals surface area contributed by atoms with E-state index in [0.717, 1.165) is 12.5 Å². The first kappa shape index (κ1) is 12.8. The summed E-state index contributed by atoms with van der Waals surface area (Å²) in [7, 11) is 0. The molecule has 3 heteroatoms. The van der Waals surface area contributed by atoms with Crippen molar-refractivity contribution in [3.05, 3.63) is 48.1 Å². The first-order valence-corrected chi connectivity index (χ1v) is 5.36. The largest absolute Gasteiger partial charge is 0.307 e. The van der Waals surface area contributed by atoms with Gasteiger partial charge in [-0.25, -0.2) is 8.78 Å². The Kier molecular flexibility index (Phi) is 4.62. The van der Waals surface area contributed by atoms with Crippen molar-refractivity contribution in [3.63, 3.8) is 0 Å². The van der Waals surface area contributed by atoms with Crippen molar-refractivity contribution in [3.8, 4) is 0 Å². The number of nitrogens with one attached hydrogen (secondary N) is 1. The Bertz CT molecular complexity index is 343. The van der Waals surface area contributed by atoms with Gasteiger partial charge in [-0.3, -0.25) is 0 Å². The zero-order valence-corrected chi connectivity index (χ0v) is 9.63. The van der Waals surface area contributed by atoms with Gasteiger partial charge in [-0.1, -0.05) is 6.08 Å². The maximum atomic E-state index is 13.0. The topological polar surface area (TPSA) is 12.0 Å². The van der Waals surface area contributed by atoms with Crippen molar-refractivity contribution >= 4 is 0 Å². The Labute approximate surface area is 95.2 Å². The average molecular weight is 225 g/mol. The van der Waals surface area contributed by atoms with Gasteiger partial charge in [-0.05, 0) is 38.0 Å². The van der Waals surface area contributed by atoms with Crippen LogP contribution >= 0.6 is 0 Å². The summed E-state index contributed by atoms with van der Waals surface area (Å²) in [6.45, 7) is 7.54. The van der Waals surface area contributed by atoms with Gasteiger partial charge in [-0.2, -0.15) is 0 Å². The van der Waals surface area contributed by atoms with Crippen LogP contribution in [0.25, 0.3) is 0 Å². The number of hydrogen-bond donors (Lipinski definition) is 1. The third-order valence-corrected chi connectivity index (χ3v) is 2.44. The van der Waals surface area contributed by atoms with Crippen LogP contribution in [0.4, 0.5) is 8.78 Å². The van der Waals surface area contributed by atoms with Crippen LogP contribution in [0.1, 0.15) is 31.9 Å². The molecule has 1 nitrogen and oxygen atoms in total. The Balaban J connectivity index is 2.72. The zero-order valence-electron chi connectivity index (χ0n) is 9.63. The molecular weight excluding hydrogens is 208 g/mol. The van der Waals surface area contributed by atoms with E-state index in [0.29, 0.717) is 5.56 Å². The molecule has 0 radical (unpaired) electrons. The molecule has 0 bridgehead atoms. The molecule has 0 heterocycles. The van der Waals surface area contributed by atoms with Gasteiger partial charge in [0.25, 0.3) is 0 Å². The first-order chi connectivity index (χ1) is 7.52. The predicted octanol–water partition coefficient (Wildman–Crippen LogP) is 3.58. The fourth-order valence-corrected chi connectivity index (χ4v) is 1.67. The van der Waals surface area contributed by atoms with Gasteiger partial charge in [0.1, 0.15) is 11.6 Å². The van der Waals surface area contributed by atoms with Gasteiger partial charge < -0.3 is 5.32 Å². The van der Waals surface area contributed by atoms with E-state index in [2.05, 4.69) is 11.9 Å². The van der Waals surface area contributed by atoms with Crippen molar-refractivity contribution in [2.24, 2.45) is 0 Å². The predicted molar refractivity (Wildman–Crippen MR) is 62.2 cm³/mol. The summed E-state index contributed by atoms with van der Waals surface area (Å²) in [6, 6.07) is 3.73. The number of halogens is 2. The van der Waals surface area contributed by atoms with Crippen LogP contribution in [0, 0.1) is 11.6 Å². The van der Waals surface area contributed by atoms with E-state index in [-0.39, 0.29) is 12.1 Å². The lowest BCUT2D eigenvalue weighted by atomic mass is 10.1. The molecule has 0 aromatic heterocycles. The summed E-state index contributed by atoms with van der Waals surface area (Å²) in [4.78, 5) is 0. The molecule has 1 aromatic rings. The Hall–Kier alpha value is -1.22. The minimum atomic E-state index is -0.542. The lowest BCUT2D eigenvalue weighted by molar-refractivity contribution is 0.476. The lowest BCUT2D eigenvalue weighted by Gasteiger charge is -2.19. The van der Waals surface area contributed by atoms with Crippen molar-refractivity contribution in [1.82, 2.24) is 5.32 Å². The molecule has 16 heavy (non-hydrogen) atoms. The van der Waals surface area contributed by atoms with E-state index in [9.17, 15) is 8.78 Å². The molecule has 2 unspecified atom stereocenters. The minimum Gasteiger partial charge on any atom is -0.307 e. The van der Waals surface area contributed by atoms with E-state index in [1.54, 1.807) is 0 Å². The molecule has 1 rings (SSSR count). The van der Waals surface area contributed by atoms with Gasteiger partial charge >= 0.3 is 0 Å². The van der Waals surface area contributed by atoms with Gasteiger partial charge in [0.05, 0.1) is 0 Å². The van der Waals surface area contributed by atoms with Crippen molar-refractivity contribution in [2.45, 2.75) is 32.4 Å². The number of rotatable bonds is 5. The highest BCUT2D eigenvalue weighted by atomic mass is 19.1. The highest BCUT2D eigenvalue weighted by molar-refractivity contribution is 5.21. The molecule has 0 saturated carbocycles. The molecule has 1 N–H and O–H groups in total. The molecule has 0 amide bonds. The van der Waals surface area contributed by atoms with Crippen LogP contribution in [-0.4, -0.2) is 6.04 Å². The summed E-state index contributed by atoms with van der Waals surface area (Å²) in [5.74, 6) is -1.08. The fraction of sp³-hybridized carbons (Fsp3) is 0.385. The number of hydrogen-bond acceptors (Lipinski definition) is 1. The van der Waals surface area contributed by atoms with Crippen molar-refractivity contribution < 1.29 is 8.78 Å². The highest BCUT2D eigenvalue weighted by Crippen LogP contribution is 2.16. The SMILES string of the molecule is C=CCC(C)NC(C)c1cc(F)cc(F)c1. The second kappa shape index (κ2) is 5.75. The van der Waals surface area contributed by atoms with E-state index in [1.807, 2.05) is 19.9 Å². The smallest absolute Gasteiger partial charge is 0.126 e. The van der Waals surface area contributed by atoms with Crippen LogP contribution in [0.5, 0.6) is 0 Å². The number of benzene rings is 1. The standard InChI is InChI=1S/C13H17F2N/c1-4-5-9(2)16-10(3)11-6-12(14)8-13(15)7-11/h4,6-10,16H,1,5H2,2-3H3. The second-order valence-corrected chi connectivity index (χ2v) is 4.02. The zero-order chi connectivity index (χ0) is 12.1. The van der Waals surface area contributed by atoms with Gasteiger partial charge in [0.2, 0.25) is 0 Å². The van der Waals surface area contributed by atoms with E-state index in [4.69, 9.17) is 0 Å². The Morgan fingerprint density at radius 2 is 1.81 bits per heavy atom. The first-order valence-electron chi connectivity index (χ1n) is 5.36. The van der Waals surface area contributed by atoms with Gasteiger partial charge in [0.15, 0.2) is 0 Å². The average Bonchev–Trinajstić information content (AvgIpc) is 2.16. The summed E-state index contributed by atoms with van der Waals surface area (Å²) in [5.41, 5.74) is 0.619. The van der Waals surface area contributed by atoms with Crippen LogP contribution in [0.2, 0.25) is 0 Å². The quantitative estimate of drug-likeness (QED) is 0.755. The summed E-state index contributed by atoms with van der Waals surface area (Å²) >= 11 is 0. The highest BCUT2D eigenvalue weighted by Gasteiger charge is 2.10. The molecule has 0 saturated heterocycles. The Morgan fingerprint density at radius 3 is 2.31 bits per heavy atom. The molecule has 1 aromatic carbocycles. The summed E-state index contributed by atoms with van der Waals surface area (Å²) < 4.78 is 26.0. The molecule has 0 aliphatic carbocycles. The maximum absolute atomic E-state index is 13.0. The molecule has 0 aliphatic rings. The monoisotopic (exact) mass is 225 g/mol. The Morgan fingerprint density at radius 1 is 1.25 bits per heavy atom. The van der Waals surface area contributed by atoms with Crippen molar-refractivity contribution in [2.75, 3.05) is 0 Å². The summed E-state index contributed by atoms with van der Waals surface area (Å²) in [6.07, 6.45) is 2.64. The molecule has 0 fully saturated rings. The van der Waals surface area contributed by atoms with Gasteiger partial charge in [-0.15, -0.1) is 6.58 Å². The normalized spacial score (nSPS) is 14.5. The third kappa shape index (κ3) is 3.74. The second-order valence-electron chi connectivity index (χ2n) is 4.02. The molecule has 0 spiro atoms. The summed E-state index contributed by atoms with van der Waals surface area (Å²) in [5, 5.41) is 3.25. The molecule has 2 atom stereocenters. The lowest BCUT2D eigenvalue weighted by Crippen LogP contribution is -2.28. The van der Waals surface area contributed by atoms with E-state index in [1.165, 1.54) is 12.1 Å².